The van der Waals surface area contributed by atoms with Crippen LogP contribution in [0, 0.1) is 6.92 Å². The van der Waals surface area contributed by atoms with Crippen molar-refractivity contribution < 1.29 is 4.74 Å². The third-order valence-electron chi connectivity index (χ3n) is 8.03. The molecule has 4 aromatic rings. The quantitative estimate of drug-likeness (QED) is 0.336. The van der Waals surface area contributed by atoms with Gasteiger partial charge in [0.05, 0.1) is 17.3 Å². The zero-order chi connectivity index (χ0) is 27.7. The molecule has 2 saturated heterocycles. The second kappa shape index (κ2) is 11.3. The summed E-state index contributed by atoms with van der Waals surface area (Å²) in [6, 6.07) is 9.96. The molecule has 2 fully saturated rings. The Morgan fingerprint density at radius 3 is 2.65 bits per heavy atom. The number of fused-ring (bicyclic) bond motifs is 1. The molecule has 2 aliphatic heterocycles. The summed E-state index contributed by atoms with van der Waals surface area (Å²) in [7, 11) is 0. The van der Waals surface area contributed by atoms with Crippen LogP contribution in [0.4, 0.5) is 5.82 Å². The molecular formula is C30H37ClN8O. The highest BCUT2D eigenvalue weighted by atomic mass is 35.5. The maximum atomic E-state index is 6.92. The van der Waals surface area contributed by atoms with Crippen LogP contribution in [0.5, 0.6) is 5.75 Å². The number of nitrogens with one attached hydrogen (secondary N) is 1. The van der Waals surface area contributed by atoms with Gasteiger partial charge in [-0.1, -0.05) is 11.6 Å². The first-order valence-corrected chi connectivity index (χ1v) is 14.5. The summed E-state index contributed by atoms with van der Waals surface area (Å²) in [5.74, 6) is 2.37. The van der Waals surface area contributed by atoms with Crippen molar-refractivity contribution in [2.75, 3.05) is 50.8 Å². The van der Waals surface area contributed by atoms with Gasteiger partial charge in [-0.3, -0.25) is 9.88 Å². The molecule has 0 spiro atoms. The maximum Gasteiger partial charge on any atom is 0.166 e. The Morgan fingerprint density at radius 2 is 1.90 bits per heavy atom. The van der Waals surface area contributed by atoms with E-state index in [9.17, 15) is 0 Å². The fourth-order valence-corrected chi connectivity index (χ4v) is 6.07. The summed E-state index contributed by atoms with van der Waals surface area (Å²) in [5, 5.41) is 3.97. The molecule has 0 atom stereocenters. The van der Waals surface area contributed by atoms with Crippen LogP contribution in [-0.2, 0) is 6.54 Å². The van der Waals surface area contributed by atoms with E-state index in [2.05, 4.69) is 51.5 Å². The third-order valence-corrected chi connectivity index (χ3v) is 8.34. The van der Waals surface area contributed by atoms with Crippen LogP contribution in [0.15, 0.2) is 42.9 Å². The fourth-order valence-electron chi connectivity index (χ4n) is 5.82. The lowest BCUT2D eigenvalue weighted by atomic mass is 10.0. The molecule has 0 amide bonds. The Labute approximate surface area is 240 Å². The van der Waals surface area contributed by atoms with Crippen LogP contribution in [-0.4, -0.2) is 80.8 Å². The minimum absolute atomic E-state index is 0.00463. The Kier molecular flexibility index (Phi) is 7.61. The van der Waals surface area contributed by atoms with E-state index in [1.54, 1.807) is 6.33 Å². The van der Waals surface area contributed by atoms with Crippen molar-refractivity contribution in [2.45, 2.75) is 45.7 Å². The number of nitrogens with zero attached hydrogens (tertiary/aromatic N) is 7. The number of hydrogen-bond donors (Lipinski definition) is 1. The molecule has 1 N–H and O–H groups in total. The van der Waals surface area contributed by atoms with E-state index in [1.165, 1.54) is 0 Å². The molecule has 0 unspecified atom stereocenters. The minimum atomic E-state index is 0.00463. The zero-order valence-corrected chi connectivity index (χ0v) is 24.3. The predicted octanol–water partition coefficient (Wildman–Crippen LogP) is 4.56. The normalized spacial score (nSPS) is 17.6. The van der Waals surface area contributed by atoms with Crippen molar-refractivity contribution >= 4 is 28.6 Å². The van der Waals surface area contributed by atoms with Crippen molar-refractivity contribution in [2.24, 2.45) is 0 Å². The summed E-state index contributed by atoms with van der Waals surface area (Å²) >= 11 is 6.92. The van der Waals surface area contributed by atoms with E-state index in [0.717, 1.165) is 97.5 Å². The van der Waals surface area contributed by atoms with Crippen LogP contribution in [0.25, 0.3) is 22.6 Å². The highest BCUT2D eigenvalue weighted by Gasteiger charge is 2.35. The Hall–Kier alpha value is -3.27. The third kappa shape index (κ3) is 5.50. The van der Waals surface area contributed by atoms with E-state index in [4.69, 9.17) is 31.3 Å². The summed E-state index contributed by atoms with van der Waals surface area (Å²) in [6.45, 7) is 13.7. The van der Waals surface area contributed by atoms with Gasteiger partial charge < -0.3 is 19.5 Å². The summed E-state index contributed by atoms with van der Waals surface area (Å²) in [6.07, 6.45) is 5.73. The highest BCUT2D eigenvalue weighted by Crippen LogP contribution is 2.38. The number of aromatic nitrogens is 5. The molecular weight excluding hydrogens is 524 g/mol. The number of aryl methyl sites for hydroxylation is 1. The largest absolute Gasteiger partial charge is 0.492 e. The topological polar surface area (TPSA) is 84.2 Å². The first-order chi connectivity index (χ1) is 19.4. The molecule has 0 saturated carbocycles. The van der Waals surface area contributed by atoms with Crippen LogP contribution >= 0.6 is 11.6 Å². The number of hydrogen-bond acceptors (Lipinski definition) is 8. The predicted molar refractivity (Wildman–Crippen MR) is 159 cm³/mol. The lowest BCUT2D eigenvalue weighted by Gasteiger charge is -2.32. The summed E-state index contributed by atoms with van der Waals surface area (Å²) in [5.41, 5.74) is 4.49. The second-order valence-corrected chi connectivity index (χ2v) is 11.8. The molecule has 10 heteroatoms. The van der Waals surface area contributed by atoms with E-state index in [0.29, 0.717) is 18.2 Å². The van der Waals surface area contributed by atoms with E-state index < -0.39 is 0 Å². The molecule has 3 aromatic heterocycles. The molecule has 40 heavy (non-hydrogen) atoms. The van der Waals surface area contributed by atoms with Gasteiger partial charge in [-0.2, -0.15) is 0 Å². The number of pyridine rings is 1. The van der Waals surface area contributed by atoms with Gasteiger partial charge in [-0.25, -0.2) is 15.0 Å². The average Bonchev–Trinajstić information content (AvgIpc) is 3.48. The molecule has 0 aliphatic carbocycles. The molecule has 210 valence electrons. The van der Waals surface area contributed by atoms with Gasteiger partial charge in [0.1, 0.15) is 24.5 Å². The maximum absolute atomic E-state index is 6.92. The number of anilines is 1. The Bertz CT molecular complexity index is 1500. The lowest BCUT2D eigenvalue weighted by Crippen LogP contribution is -2.44. The fraction of sp³-hybridized carbons (Fsp3) is 0.467. The second-order valence-electron chi connectivity index (χ2n) is 11.4. The number of piperazine rings is 1. The SMILES string of the molecule is Cc1ccnc(Cn2c(-c3ccc(OCCN4CCNCC4)cc3Cl)nc3c(N4CCCC4(C)C)ncnc32)c1. The van der Waals surface area contributed by atoms with Gasteiger partial charge in [0, 0.05) is 56.6 Å². The van der Waals surface area contributed by atoms with Gasteiger partial charge >= 0.3 is 0 Å². The Morgan fingerprint density at radius 1 is 1.05 bits per heavy atom. The smallest absolute Gasteiger partial charge is 0.166 e. The standard InChI is InChI=1S/C30H37ClN8O/c1-21-7-9-33-22(17-21)19-38-27(36-26-28(38)34-20-35-29(26)39-12-4-8-30(39,2)3)24-6-5-23(18-25(24)31)40-16-15-37-13-10-32-11-14-37/h5-7,9,17-18,20,32H,4,8,10-16,19H2,1-3H3. The number of ether oxygens (including phenoxy) is 1. The monoisotopic (exact) mass is 560 g/mol. The van der Waals surface area contributed by atoms with Crippen molar-refractivity contribution in [3.8, 4) is 17.1 Å². The van der Waals surface area contributed by atoms with E-state index >= 15 is 0 Å². The van der Waals surface area contributed by atoms with Crippen LogP contribution < -0.4 is 15.0 Å². The summed E-state index contributed by atoms with van der Waals surface area (Å²) < 4.78 is 8.18. The molecule has 6 rings (SSSR count). The molecule has 2 aliphatic rings. The van der Waals surface area contributed by atoms with Gasteiger partial charge in [-0.15, -0.1) is 0 Å². The number of rotatable bonds is 8. The minimum Gasteiger partial charge on any atom is -0.492 e. The number of halogens is 1. The molecule has 1 aromatic carbocycles. The van der Waals surface area contributed by atoms with Crippen LogP contribution in [0.1, 0.15) is 37.9 Å². The first-order valence-electron chi connectivity index (χ1n) is 14.2. The zero-order valence-electron chi connectivity index (χ0n) is 23.5. The van der Waals surface area contributed by atoms with Crippen LogP contribution in [0.2, 0.25) is 5.02 Å². The van der Waals surface area contributed by atoms with Crippen LogP contribution in [0.3, 0.4) is 0 Å². The van der Waals surface area contributed by atoms with Gasteiger partial charge in [0.2, 0.25) is 0 Å². The van der Waals surface area contributed by atoms with Crippen molar-refractivity contribution in [1.29, 1.82) is 0 Å². The van der Waals surface area contributed by atoms with Gasteiger partial charge in [0.25, 0.3) is 0 Å². The first kappa shape index (κ1) is 26.9. The summed E-state index contributed by atoms with van der Waals surface area (Å²) in [4.78, 5) is 24.0. The number of imidazole rings is 1. The van der Waals surface area contributed by atoms with E-state index in [1.807, 2.05) is 30.5 Å². The molecule has 5 heterocycles. The van der Waals surface area contributed by atoms with Crippen molar-refractivity contribution in [1.82, 2.24) is 34.7 Å². The van der Waals surface area contributed by atoms with Gasteiger partial charge in [0.15, 0.2) is 17.0 Å². The van der Waals surface area contributed by atoms with Crippen molar-refractivity contribution in [3.63, 3.8) is 0 Å². The Balaban J connectivity index is 1.36. The van der Waals surface area contributed by atoms with Gasteiger partial charge in [-0.05, 0) is 69.5 Å². The highest BCUT2D eigenvalue weighted by molar-refractivity contribution is 6.33. The van der Waals surface area contributed by atoms with E-state index in [-0.39, 0.29) is 5.54 Å². The number of benzene rings is 1. The molecule has 9 nitrogen and oxygen atoms in total. The lowest BCUT2D eigenvalue weighted by molar-refractivity contribution is 0.191. The van der Waals surface area contributed by atoms with Crippen molar-refractivity contribution in [3.05, 3.63) is 59.1 Å². The molecule has 0 bridgehead atoms. The molecule has 0 radical (unpaired) electrons. The average molecular weight is 561 g/mol.